The molecule has 0 amide bonds. The third-order valence-electron chi connectivity index (χ3n) is 0. The van der Waals surface area contributed by atoms with E-state index in [1.54, 1.807) is 0 Å². The number of rotatable bonds is 0. The standard InChI is InChI=1S/C3H6O.CH2O3.Sr/c1-3(2)4;2-1(3)4;/h1-2H3;(H2,2,3,4);/q;;+2/p-2. The minimum atomic E-state index is -2.33. The van der Waals surface area contributed by atoms with Crippen LogP contribution in [-0.2, 0) is 4.79 Å². The van der Waals surface area contributed by atoms with E-state index in [-0.39, 0.29) is 51.3 Å². The first-order chi connectivity index (χ1) is 3.46. The molecule has 5 heteroatoms. The Hall–Kier alpha value is 0.421. The summed E-state index contributed by atoms with van der Waals surface area (Å²) in [6.07, 6.45) is -2.33. The monoisotopic (exact) mass is 206 g/mol. The summed E-state index contributed by atoms with van der Waals surface area (Å²) in [5.41, 5.74) is 0. The van der Waals surface area contributed by atoms with Gasteiger partial charge in [0.25, 0.3) is 0 Å². The third-order valence-corrected chi connectivity index (χ3v) is 0. The summed E-state index contributed by atoms with van der Waals surface area (Å²) in [6.45, 7) is 3.06. The second-order valence-corrected chi connectivity index (χ2v) is 1.16. The van der Waals surface area contributed by atoms with E-state index in [9.17, 15) is 4.79 Å². The number of carboxylic acid groups (broad SMARTS) is 2. The molecule has 0 rings (SSSR count). The molecule has 9 heavy (non-hydrogen) atoms. The molecule has 0 aliphatic heterocycles. The van der Waals surface area contributed by atoms with Crippen LogP contribution in [0.3, 0.4) is 0 Å². The van der Waals surface area contributed by atoms with Crippen molar-refractivity contribution in [1.82, 2.24) is 0 Å². The van der Waals surface area contributed by atoms with Crippen LogP contribution in [0.25, 0.3) is 0 Å². The Morgan fingerprint density at radius 2 is 1.11 bits per heavy atom. The van der Waals surface area contributed by atoms with Gasteiger partial charge in [0, 0.05) is 0 Å². The van der Waals surface area contributed by atoms with Crippen LogP contribution < -0.4 is 10.2 Å². The molecular formula is C4H6O4Sr. The van der Waals surface area contributed by atoms with Gasteiger partial charge in [-0.3, -0.25) is 0 Å². The van der Waals surface area contributed by atoms with E-state index in [2.05, 4.69) is 0 Å². The number of carbonyl (C=O) groups is 2. The Morgan fingerprint density at radius 1 is 1.11 bits per heavy atom. The number of carbonyl (C=O) groups excluding carboxylic acids is 2. The fourth-order valence-corrected chi connectivity index (χ4v) is 0. The number of ketones is 1. The van der Waals surface area contributed by atoms with Crippen LogP contribution in [0.4, 0.5) is 4.79 Å². The Labute approximate surface area is 90.1 Å². The van der Waals surface area contributed by atoms with Gasteiger partial charge in [-0.25, -0.2) is 0 Å². The van der Waals surface area contributed by atoms with Crippen molar-refractivity contribution in [2.24, 2.45) is 0 Å². The minimum absolute atomic E-state index is 0. The molecule has 0 N–H and O–H groups in total. The second-order valence-electron chi connectivity index (χ2n) is 1.16. The van der Waals surface area contributed by atoms with Crippen molar-refractivity contribution in [1.29, 1.82) is 0 Å². The van der Waals surface area contributed by atoms with Crippen molar-refractivity contribution in [3.63, 3.8) is 0 Å². The molecule has 0 saturated carbocycles. The molecule has 0 radical (unpaired) electrons. The summed E-state index contributed by atoms with van der Waals surface area (Å²) in [5.74, 6) is 0.167. The van der Waals surface area contributed by atoms with Crippen LogP contribution in [0.5, 0.6) is 0 Å². The fraction of sp³-hybridized carbons (Fsp3) is 0.500. The van der Waals surface area contributed by atoms with Gasteiger partial charge >= 0.3 is 45.5 Å². The summed E-state index contributed by atoms with van der Waals surface area (Å²) in [6, 6.07) is 0. The molecule has 0 fully saturated rings. The molecular weight excluding hydrogens is 200 g/mol. The summed E-state index contributed by atoms with van der Waals surface area (Å²) >= 11 is 0. The fourth-order valence-electron chi connectivity index (χ4n) is 0. The molecule has 4 nitrogen and oxygen atoms in total. The molecule has 0 spiro atoms. The van der Waals surface area contributed by atoms with E-state index in [0.717, 1.165) is 0 Å². The SMILES string of the molecule is CC(C)=O.O=C([O-])[O-].[Sr+2]. The van der Waals surface area contributed by atoms with E-state index in [4.69, 9.17) is 15.0 Å². The van der Waals surface area contributed by atoms with Gasteiger partial charge in [0.15, 0.2) is 0 Å². The van der Waals surface area contributed by atoms with Crippen molar-refractivity contribution in [2.45, 2.75) is 13.8 Å². The molecule has 0 unspecified atom stereocenters. The van der Waals surface area contributed by atoms with Gasteiger partial charge < -0.3 is 19.8 Å². The van der Waals surface area contributed by atoms with Gasteiger partial charge in [-0.2, -0.15) is 0 Å². The Bertz CT molecular complexity index is 70.6. The van der Waals surface area contributed by atoms with Crippen molar-refractivity contribution >= 4 is 57.4 Å². The van der Waals surface area contributed by atoms with E-state index < -0.39 is 6.16 Å². The summed E-state index contributed by atoms with van der Waals surface area (Å²) < 4.78 is 0. The Morgan fingerprint density at radius 3 is 1.11 bits per heavy atom. The van der Waals surface area contributed by atoms with Gasteiger partial charge in [-0.15, -0.1) is 0 Å². The maximum absolute atomic E-state index is 9.44. The van der Waals surface area contributed by atoms with Crippen LogP contribution in [0.1, 0.15) is 13.8 Å². The van der Waals surface area contributed by atoms with Crippen LogP contribution in [-0.4, -0.2) is 57.4 Å². The van der Waals surface area contributed by atoms with E-state index >= 15 is 0 Å². The third kappa shape index (κ3) is 1960. The molecule has 0 atom stereocenters. The van der Waals surface area contributed by atoms with Crippen LogP contribution in [0, 0.1) is 0 Å². The normalized spacial score (nSPS) is 5.56. The molecule has 0 aliphatic carbocycles. The first-order valence-corrected chi connectivity index (χ1v) is 1.82. The topological polar surface area (TPSA) is 80.3 Å². The first kappa shape index (κ1) is 16.2. The van der Waals surface area contributed by atoms with E-state index in [1.165, 1.54) is 13.8 Å². The average Bonchev–Trinajstić information content (AvgIpc) is 1.25. The van der Waals surface area contributed by atoms with Gasteiger partial charge in [0.05, 0.1) is 0 Å². The van der Waals surface area contributed by atoms with Crippen molar-refractivity contribution < 1.29 is 19.8 Å². The van der Waals surface area contributed by atoms with Gasteiger partial charge in [-0.1, -0.05) is 0 Å². The predicted octanol–water partition coefficient (Wildman–Crippen LogP) is -2.23. The zero-order chi connectivity index (χ0) is 7.15. The van der Waals surface area contributed by atoms with Crippen LogP contribution in [0.15, 0.2) is 0 Å². The minimum Gasteiger partial charge on any atom is -0.652 e. The molecule has 0 aromatic heterocycles. The van der Waals surface area contributed by atoms with Gasteiger partial charge in [0.1, 0.15) is 5.78 Å². The van der Waals surface area contributed by atoms with E-state index in [0.29, 0.717) is 0 Å². The number of Topliss-reactive ketones (excluding diaryl/α,β-unsaturated/α-hetero) is 1. The zero-order valence-electron chi connectivity index (χ0n) is 5.34. The molecule has 0 aromatic carbocycles. The summed E-state index contributed by atoms with van der Waals surface area (Å²) in [5, 5.41) is 16.7. The second kappa shape index (κ2) is 11.2. The van der Waals surface area contributed by atoms with Crippen molar-refractivity contribution in [3.8, 4) is 0 Å². The molecule has 0 bridgehead atoms. The van der Waals surface area contributed by atoms with Crippen LogP contribution in [0.2, 0.25) is 0 Å². The first-order valence-electron chi connectivity index (χ1n) is 1.82. The maximum atomic E-state index is 9.44. The number of hydrogen-bond donors (Lipinski definition) is 0. The average molecular weight is 206 g/mol. The van der Waals surface area contributed by atoms with Gasteiger partial charge in [0.2, 0.25) is 0 Å². The quantitative estimate of drug-likeness (QED) is 0.419. The predicted molar refractivity (Wildman–Crippen MR) is 27.5 cm³/mol. The zero-order valence-corrected chi connectivity index (χ0v) is 8.82. The van der Waals surface area contributed by atoms with Gasteiger partial charge in [-0.05, 0) is 20.0 Å². The molecule has 0 saturated heterocycles. The van der Waals surface area contributed by atoms with E-state index in [1.807, 2.05) is 0 Å². The van der Waals surface area contributed by atoms with Crippen molar-refractivity contribution in [2.75, 3.05) is 0 Å². The molecule has 0 aliphatic rings. The molecule has 48 valence electrons. The smallest absolute Gasteiger partial charge is 0.652 e. The Kier molecular flexibility index (Phi) is 20.3. The summed E-state index contributed by atoms with van der Waals surface area (Å²) in [7, 11) is 0. The number of hydrogen-bond acceptors (Lipinski definition) is 4. The van der Waals surface area contributed by atoms with Crippen LogP contribution >= 0.6 is 0 Å². The maximum Gasteiger partial charge on any atom is 2.00 e. The Balaban J connectivity index is -0.0000000720. The summed E-state index contributed by atoms with van der Waals surface area (Å²) in [4.78, 5) is 17.8. The molecule has 0 heterocycles. The van der Waals surface area contributed by atoms with Crippen molar-refractivity contribution in [3.05, 3.63) is 0 Å². The molecule has 0 aromatic rings. The largest absolute Gasteiger partial charge is 2.00 e.